The molecule has 0 radical (unpaired) electrons. The van der Waals surface area contributed by atoms with Crippen molar-refractivity contribution in [3.63, 3.8) is 0 Å². The molecule has 1 aromatic carbocycles. The van der Waals surface area contributed by atoms with Crippen LogP contribution in [0.4, 0.5) is 0 Å². The Balaban J connectivity index is 2.40. The first kappa shape index (κ1) is 12.7. The van der Waals surface area contributed by atoms with Gasteiger partial charge in [-0.25, -0.2) is 0 Å². The van der Waals surface area contributed by atoms with Crippen LogP contribution < -0.4 is 9.47 Å². The van der Waals surface area contributed by atoms with Crippen molar-refractivity contribution >= 4 is 0 Å². The van der Waals surface area contributed by atoms with E-state index in [-0.39, 0.29) is 0 Å². The van der Waals surface area contributed by atoms with E-state index in [4.69, 9.17) is 14.2 Å². The van der Waals surface area contributed by atoms with Crippen LogP contribution in [-0.2, 0) is 10.2 Å². The minimum atomic E-state index is -0.461. The van der Waals surface area contributed by atoms with Crippen LogP contribution in [0, 0.1) is 11.3 Å². The van der Waals surface area contributed by atoms with Gasteiger partial charge in [-0.2, -0.15) is 5.26 Å². The van der Waals surface area contributed by atoms with Crippen molar-refractivity contribution in [1.29, 1.82) is 5.26 Å². The van der Waals surface area contributed by atoms with Gasteiger partial charge in [-0.3, -0.25) is 0 Å². The first-order valence-corrected chi connectivity index (χ1v) is 5.97. The molecule has 1 aliphatic rings. The molecule has 18 heavy (non-hydrogen) atoms. The van der Waals surface area contributed by atoms with Gasteiger partial charge in [0.1, 0.15) is 0 Å². The lowest BCUT2D eigenvalue weighted by atomic mass is 9.75. The third-order valence-corrected chi connectivity index (χ3v) is 3.50. The summed E-state index contributed by atoms with van der Waals surface area (Å²) in [5, 5.41) is 9.51. The molecule has 1 aliphatic heterocycles. The number of benzene rings is 1. The number of ether oxygens (including phenoxy) is 3. The van der Waals surface area contributed by atoms with Gasteiger partial charge in [-0.1, -0.05) is 6.07 Å². The van der Waals surface area contributed by atoms with E-state index in [9.17, 15) is 5.26 Å². The summed E-state index contributed by atoms with van der Waals surface area (Å²) in [5.41, 5.74) is 0.517. The van der Waals surface area contributed by atoms with Gasteiger partial charge < -0.3 is 14.2 Å². The zero-order valence-electron chi connectivity index (χ0n) is 10.7. The van der Waals surface area contributed by atoms with Crippen LogP contribution in [0.2, 0.25) is 0 Å². The second-order valence-electron chi connectivity index (χ2n) is 4.38. The van der Waals surface area contributed by atoms with Crippen LogP contribution in [0.5, 0.6) is 11.5 Å². The zero-order chi connectivity index (χ0) is 13.0. The van der Waals surface area contributed by atoms with E-state index < -0.39 is 5.41 Å². The summed E-state index contributed by atoms with van der Waals surface area (Å²) in [6.07, 6.45) is 1.44. The predicted molar refractivity (Wildman–Crippen MR) is 66.9 cm³/mol. The summed E-state index contributed by atoms with van der Waals surface area (Å²) >= 11 is 0. The lowest BCUT2D eigenvalue weighted by Gasteiger charge is -2.31. The molecule has 4 heteroatoms. The second kappa shape index (κ2) is 5.28. The minimum absolute atomic E-state index is 0.461. The highest BCUT2D eigenvalue weighted by Gasteiger charge is 2.35. The van der Waals surface area contributed by atoms with Crippen LogP contribution >= 0.6 is 0 Å². The molecule has 0 bridgehead atoms. The predicted octanol–water partition coefficient (Wildman–Crippen LogP) is 2.28. The van der Waals surface area contributed by atoms with Crippen molar-refractivity contribution in [2.45, 2.75) is 18.3 Å². The standard InChI is InChI=1S/C14H17NO3/c1-16-12-4-3-11(9-13(12)17-2)14(10-15)5-7-18-8-6-14/h3-4,9H,5-8H2,1-2H3. The first-order valence-electron chi connectivity index (χ1n) is 5.97. The maximum Gasteiger partial charge on any atom is 0.161 e. The minimum Gasteiger partial charge on any atom is -0.493 e. The van der Waals surface area contributed by atoms with E-state index >= 15 is 0 Å². The van der Waals surface area contributed by atoms with E-state index in [0.717, 1.165) is 18.4 Å². The molecule has 0 amide bonds. The van der Waals surface area contributed by atoms with Crippen molar-refractivity contribution in [1.82, 2.24) is 0 Å². The molecule has 1 saturated heterocycles. The average Bonchev–Trinajstić information content (AvgIpc) is 2.47. The number of nitriles is 1. The first-order chi connectivity index (χ1) is 8.75. The third-order valence-electron chi connectivity index (χ3n) is 3.50. The van der Waals surface area contributed by atoms with E-state index in [1.807, 2.05) is 18.2 Å². The third kappa shape index (κ3) is 2.14. The maximum absolute atomic E-state index is 9.51. The highest BCUT2D eigenvalue weighted by molar-refractivity contribution is 5.47. The fourth-order valence-electron chi connectivity index (χ4n) is 2.32. The van der Waals surface area contributed by atoms with Gasteiger partial charge in [0.15, 0.2) is 11.5 Å². The van der Waals surface area contributed by atoms with Crippen molar-refractivity contribution in [3.05, 3.63) is 23.8 Å². The number of hydrogen-bond acceptors (Lipinski definition) is 4. The van der Waals surface area contributed by atoms with Gasteiger partial charge in [-0.05, 0) is 30.5 Å². The maximum atomic E-state index is 9.51. The van der Waals surface area contributed by atoms with E-state index in [1.54, 1.807) is 14.2 Å². The van der Waals surface area contributed by atoms with Crippen molar-refractivity contribution in [3.8, 4) is 17.6 Å². The van der Waals surface area contributed by atoms with Gasteiger partial charge in [0.2, 0.25) is 0 Å². The molecule has 1 heterocycles. The van der Waals surface area contributed by atoms with Gasteiger partial charge in [0.05, 0.1) is 25.7 Å². The van der Waals surface area contributed by atoms with E-state index in [0.29, 0.717) is 24.7 Å². The normalized spacial score (nSPS) is 17.8. The Bertz CT molecular complexity index is 459. The summed E-state index contributed by atoms with van der Waals surface area (Å²) in [6, 6.07) is 8.13. The molecule has 2 rings (SSSR count). The van der Waals surface area contributed by atoms with Gasteiger partial charge >= 0.3 is 0 Å². The van der Waals surface area contributed by atoms with Crippen LogP contribution in [0.3, 0.4) is 0 Å². The number of methoxy groups -OCH3 is 2. The highest BCUT2D eigenvalue weighted by Crippen LogP contribution is 2.38. The molecule has 0 saturated carbocycles. The smallest absolute Gasteiger partial charge is 0.161 e. The molecule has 0 aliphatic carbocycles. The highest BCUT2D eigenvalue weighted by atomic mass is 16.5. The average molecular weight is 247 g/mol. The summed E-state index contributed by atoms with van der Waals surface area (Å²) in [4.78, 5) is 0. The molecule has 0 unspecified atom stereocenters. The molecule has 0 spiro atoms. The summed E-state index contributed by atoms with van der Waals surface area (Å²) in [7, 11) is 3.21. The van der Waals surface area contributed by atoms with Crippen molar-refractivity contribution in [2.24, 2.45) is 0 Å². The largest absolute Gasteiger partial charge is 0.493 e. The molecular weight excluding hydrogens is 230 g/mol. The topological polar surface area (TPSA) is 51.5 Å². The molecule has 0 N–H and O–H groups in total. The molecule has 4 nitrogen and oxygen atoms in total. The van der Waals surface area contributed by atoms with Crippen LogP contribution in [0.25, 0.3) is 0 Å². The Hall–Kier alpha value is -1.73. The second-order valence-corrected chi connectivity index (χ2v) is 4.38. The Kier molecular flexibility index (Phi) is 3.73. The molecule has 0 atom stereocenters. The molecular formula is C14H17NO3. The summed E-state index contributed by atoms with van der Waals surface area (Å²) in [5.74, 6) is 1.34. The molecule has 1 aromatic rings. The lowest BCUT2D eigenvalue weighted by Crippen LogP contribution is -2.32. The molecule has 96 valence electrons. The Morgan fingerprint density at radius 1 is 1.17 bits per heavy atom. The van der Waals surface area contributed by atoms with Gasteiger partial charge in [-0.15, -0.1) is 0 Å². The summed E-state index contributed by atoms with van der Waals surface area (Å²) < 4.78 is 15.8. The fourth-order valence-corrected chi connectivity index (χ4v) is 2.32. The van der Waals surface area contributed by atoms with Gasteiger partial charge in [0, 0.05) is 13.2 Å². The van der Waals surface area contributed by atoms with Gasteiger partial charge in [0.25, 0.3) is 0 Å². The number of rotatable bonds is 3. The number of hydrogen-bond donors (Lipinski definition) is 0. The lowest BCUT2D eigenvalue weighted by molar-refractivity contribution is 0.0674. The molecule has 1 fully saturated rings. The number of nitrogens with zero attached hydrogens (tertiary/aromatic N) is 1. The molecule has 0 aromatic heterocycles. The Labute approximate surface area is 107 Å². The van der Waals surface area contributed by atoms with Crippen LogP contribution in [0.1, 0.15) is 18.4 Å². The van der Waals surface area contributed by atoms with Crippen molar-refractivity contribution < 1.29 is 14.2 Å². The van der Waals surface area contributed by atoms with E-state index in [2.05, 4.69) is 6.07 Å². The zero-order valence-corrected chi connectivity index (χ0v) is 10.7. The van der Waals surface area contributed by atoms with Crippen LogP contribution in [-0.4, -0.2) is 27.4 Å². The van der Waals surface area contributed by atoms with E-state index in [1.165, 1.54) is 0 Å². The van der Waals surface area contributed by atoms with Crippen LogP contribution in [0.15, 0.2) is 18.2 Å². The SMILES string of the molecule is COc1ccc(C2(C#N)CCOCC2)cc1OC. The monoisotopic (exact) mass is 247 g/mol. The summed E-state index contributed by atoms with van der Waals surface area (Å²) in [6.45, 7) is 1.25. The fraction of sp³-hybridized carbons (Fsp3) is 0.500. The quantitative estimate of drug-likeness (QED) is 0.822. The van der Waals surface area contributed by atoms with Crippen molar-refractivity contribution in [2.75, 3.05) is 27.4 Å². The Morgan fingerprint density at radius 2 is 1.83 bits per heavy atom. The Morgan fingerprint density at radius 3 is 2.39 bits per heavy atom.